The van der Waals surface area contributed by atoms with Crippen molar-refractivity contribution in [1.82, 2.24) is 34.6 Å². The summed E-state index contributed by atoms with van der Waals surface area (Å²) in [4.78, 5) is 37.4. The highest BCUT2D eigenvalue weighted by Crippen LogP contribution is 2.29. The van der Waals surface area contributed by atoms with Gasteiger partial charge in [0.1, 0.15) is 29.8 Å². The second-order valence-corrected chi connectivity index (χ2v) is 12.4. The molecule has 0 aliphatic carbocycles. The number of pyridine rings is 2. The van der Waals surface area contributed by atoms with Crippen LogP contribution in [0.2, 0.25) is 5.02 Å². The highest BCUT2D eigenvalue weighted by Gasteiger charge is 2.24. The number of ether oxygens (including phenoxy) is 2. The number of nitrogens with zero attached hydrogens (tertiary/aromatic N) is 6. The van der Waals surface area contributed by atoms with E-state index in [9.17, 15) is 14.7 Å². The van der Waals surface area contributed by atoms with Crippen LogP contribution >= 0.6 is 11.6 Å². The van der Waals surface area contributed by atoms with E-state index in [1.165, 1.54) is 30.5 Å². The Balaban J connectivity index is 1.05. The largest absolute Gasteiger partial charge is 0.478 e. The molecule has 0 unspecified atom stereocenters. The Bertz CT molecular complexity index is 2290. The quantitative estimate of drug-likeness (QED) is 0.162. The van der Waals surface area contributed by atoms with Gasteiger partial charge in [0.15, 0.2) is 0 Å². The number of hydrogen-bond donors (Lipinski definition) is 2. The Kier molecular flexibility index (Phi) is 9.43. The molecule has 1 fully saturated rings. The smallest absolute Gasteiger partial charge is 0.335 e. The van der Waals surface area contributed by atoms with Gasteiger partial charge in [-0.25, -0.2) is 23.5 Å². The van der Waals surface area contributed by atoms with Crippen LogP contribution in [0.4, 0.5) is 8.78 Å². The molecular weight excluding hydrogens is 684 g/mol. The van der Waals surface area contributed by atoms with Crippen molar-refractivity contribution in [1.29, 1.82) is 0 Å². The number of carboxylic acids is 1. The van der Waals surface area contributed by atoms with Gasteiger partial charge in [-0.05, 0) is 60.5 Å². The molecule has 12 nitrogen and oxygen atoms in total. The number of halogens is 3. The van der Waals surface area contributed by atoms with Gasteiger partial charge < -0.3 is 24.5 Å². The number of benzene rings is 2. The number of rotatable bonds is 12. The molecule has 1 atom stereocenters. The fourth-order valence-corrected chi connectivity index (χ4v) is 5.90. The van der Waals surface area contributed by atoms with Gasteiger partial charge >= 0.3 is 5.97 Å². The van der Waals surface area contributed by atoms with Gasteiger partial charge in [-0.2, -0.15) is 5.10 Å². The number of aryl methyl sites for hydroxylation is 1. The van der Waals surface area contributed by atoms with Crippen molar-refractivity contribution in [3.05, 3.63) is 124 Å². The van der Waals surface area contributed by atoms with Gasteiger partial charge in [-0.3, -0.25) is 14.5 Å². The summed E-state index contributed by atoms with van der Waals surface area (Å²) in [6.45, 7) is 1.25. The van der Waals surface area contributed by atoms with Crippen molar-refractivity contribution in [3.8, 4) is 17.1 Å². The SMILES string of the molecule is Cn1nccc1CNC(=O)c1cc(Cl)c(COc2cccc(-c3cc(F)c(Cc4nc5ccc(C(=O)O)cc5n4C[C@@H]4CCO4)cc3F)n2)cn1. The van der Waals surface area contributed by atoms with E-state index in [0.29, 0.717) is 35.6 Å². The zero-order valence-corrected chi connectivity index (χ0v) is 27.9. The molecule has 5 heterocycles. The van der Waals surface area contributed by atoms with Crippen molar-refractivity contribution in [3.63, 3.8) is 0 Å². The van der Waals surface area contributed by atoms with Crippen LogP contribution in [0, 0.1) is 11.6 Å². The number of imidazole rings is 1. The summed E-state index contributed by atoms with van der Waals surface area (Å²) in [6.07, 6.45) is 3.77. The maximum atomic E-state index is 15.6. The van der Waals surface area contributed by atoms with Crippen molar-refractivity contribution in [2.24, 2.45) is 7.05 Å². The third-order valence-electron chi connectivity index (χ3n) is 8.63. The fourth-order valence-electron chi connectivity index (χ4n) is 5.69. The van der Waals surface area contributed by atoms with Gasteiger partial charge in [0.2, 0.25) is 5.88 Å². The second-order valence-electron chi connectivity index (χ2n) is 12.0. The molecule has 0 radical (unpaired) electrons. The van der Waals surface area contributed by atoms with Crippen LogP contribution in [0.25, 0.3) is 22.3 Å². The Morgan fingerprint density at radius 2 is 1.92 bits per heavy atom. The molecule has 0 spiro atoms. The first kappa shape index (κ1) is 33.8. The molecular formula is C36H30ClF2N7O5. The van der Waals surface area contributed by atoms with Gasteiger partial charge in [-0.1, -0.05) is 17.7 Å². The number of carbonyl (C=O) groups is 2. The van der Waals surface area contributed by atoms with Crippen LogP contribution in [0.15, 0.2) is 73.1 Å². The maximum Gasteiger partial charge on any atom is 0.335 e. The number of aromatic carboxylic acids is 1. The lowest BCUT2D eigenvalue weighted by Crippen LogP contribution is -2.31. The lowest BCUT2D eigenvalue weighted by Gasteiger charge is -2.27. The molecule has 0 saturated carbocycles. The summed E-state index contributed by atoms with van der Waals surface area (Å²) in [5.41, 5.74) is 2.81. The number of aromatic nitrogens is 6. The summed E-state index contributed by atoms with van der Waals surface area (Å²) in [7, 11) is 1.77. The molecule has 4 aromatic heterocycles. The summed E-state index contributed by atoms with van der Waals surface area (Å²) < 4.78 is 46.1. The van der Waals surface area contributed by atoms with E-state index >= 15 is 8.78 Å². The van der Waals surface area contributed by atoms with E-state index in [0.717, 1.165) is 24.2 Å². The number of carboxylic acid groups (broad SMARTS) is 1. The normalized spacial score (nSPS) is 14.0. The zero-order chi connectivity index (χ0) is 35.6. The highest BCUT2D eigenvalue weighted by molar-refractivity contribution is 6.31. The van der Waals surface area contributed by atoms with E-state index < -0.39 is 23.5 Å². The fraction of sp³-hybridized carbons (Fsp3) is 0.222. The summed E-state index contributed by atoms with van der Waals surface area (Å²) in [6, 6.07) is 14.7. The minimum Gasteiger partial charge on any atom is -0.478 e. The predicted octanol–water partition coefficient (Wildman–Crippen LogP) is 5.75. The Morgan fingerprint density at radius 1 is 1.08 bits per heavy atom. The van der Waals surface area contributed by atoms with E-state index in [1.807, 2.05) is 4.57 Å². The summed E-state index contributed by atoms with van der Waals surface area (Å²) in [5.74, 6) is -2.25. The zero-order valence-electron chi connectivity index (χ0n) is 27.1. The number of fused-ring (bicyclic) bond motifs is 1. The lowest BCUT2D eigenvalue weighted by atomic mass is 10.0. The van der Waals surface area contributed by atoms with E-state index in [4.69, 9.17) is 21.1 Å². The molecule has 260 valence electrons. The van der Waals surface area contributed by atoms with Crippen molar-refractivity contribution < 1.29 is 33.0 Å². The van der Waals surface area contributed by atoms with Crippen molar-refractivity contribution in [2.75, 3.05) is 6.61 Å². The minimum absolute atomic E-state index is 0.0386. The Morgan fingerprint density at radius 3 is 2.65 bits per heavy atom. The summed E-state index contributed by atoms with van der Waals surface area (Å²) >= 11 is 6.43. The van der Waals surface area contributed by atoms with Crippen LogP contribution in [-0.2, 0) is 37.9 Å². The molecule has 2 N–H and O–H groups in total. The molecule has 2 aromatic carbocycles. The molecule has 6 aromatic rings. The number of hydrogen-bond acceptors (Lipinski definition) is 8. The van der Waals surface area contributed by atoms with E-state index in [1.54, 1.807) is 42.2 Å². The van der Waals surface area contributed by atoms with Crippen LogP contribution in [0.5, 0.6) is 5.88 Å². The van der Waals surface area contributed by atoms with Crippen LogP contribution < -0.4 is 10.1 Å². The highest BCUT2D eigenvalue weighted by atomic mass is 35.5. The van der Waals surface area contributed by atoms with E-state index in [-0.39, 0.29) is 64.7 Å². The molecule has 1 amide bonds. The van der Waals surface area contributed by atoms with Crippen LogP contribution in [-0.4, -0.2) is 59.0 Å². The third kappa shape index (κ3) is 7.28. The van der Waals surface area contributed by atoms with Gasteiger partial charge in [0.25, 0.3) is 5.91 Å². The molecule has 1 saturated heterocycles. The average molecular weight is 714 g/mol. The number of amides is 1. The standard InChI is InChI=1S/C36H30ClF2N7O5/c1-45-23(7-9-42-45)17-41-35(47)31-15-26(37)22(16-40-31)19-51-34-4-2-3-29(44-34)25-14-27(38)21(11-28(25)39)13-33-43-30-6-5-20(36(48)49)12-32(30)46(33)18-24-8-10-50-24/h2-7,9,11-12,14-16,24H,8,10,13,17-19H2,1H3,(H,41,47)(H,48,49)/t24-/m0/s1. The third-order valence-corrected chi connectivity index (χ3v) is 8.98. The number of carbonyl (C=O) groups excluding carboxylic acids is 1. The first-order chi connectivity index (χ1) is 24.6. The Labute approximate surface area is 294 Å². The van der Waals surface area contributed by atoms with Crippen molar-refractivity contribution in [2.45, 2.75) is 38.6 Å². The molecule has 15 heteroatoms. The number of nitrogens with one attached hydrogen (secondary N) is 1. The minimum atomic E-state index is -1.08. The van der Waals surface area contributed by atoms with Crippen LogP contribution in [0.1, 0.15) is 49.9 Å². The lowest BCUT2D eigenvalue weighted by molar-refractivity contribution is -0.0589. The maximum absolute atomic E-state index is 15.6. The average Bonchev–Trinajstić information content (AvgIpc) is 3.67. The topological polar surface area (TPSA) is 146 Å². The van der Waals surface area contributed by atoms with Gasteiger partial charge in [0.05, 0.1) is 52.2 Å². The molecule has 51 heavy (non-hydrogen) atoms. The Hall–Kier alpha value is -5.73. The first-order valence-corrected chi connectivity index (χ1v) is 16.3. The van der Waals surface area contributed by atoms with Crippen molar-refractivity contribution >= 4 is 34.5 Å². The molecule has 1 aliphatic heterocycles. The van der Waals surface area contributed by atoms with Crippen LogP contribution in [0.3, 0.4) is 0 Å². The van der Waals surface area contributed by atoms with Gasteiger partial charge in [-0.15, -0.1) is 0 Å². The van der Waals surface area contributed by atoms with E-state index in [2.05, 4.69) is 25.4 Å². The molecule has 1 aliphatic rings. The molecule has 7 rings (SSSR count). The second kappa shape index (κ2) is 14.2. The predicted molar refractivity (Wildman–Crippen MR) is 181 cm³/mol. The monoisotopic (exact) mass is 713 g/mol. The first-order valence-electron chi connectivity index (χ1n) is 15.9. The summed E-state index contributed by atoms with van der Waals surface area (Å²) in [5, 5.41) is 16.6. The van der Waals surface area contributed by atoms with Gasteiger partial charge in [0, 0.05) is 49.7 Å². The molecule has 0 bridgehead atoms.